The lowest BCUT2D eigenvalue weighted by molar-refractivity contribution is -0.384. The van der Waals surface area contributed by atoms with Crippen LogP contribution in [0.3, 0.4) is 0 Å². The lowest BCUT2D eigenvalue weighted by atomic mass is 10.2. The van der Waals surface area contributed by atoms with Crippen LogP contribution in [0.1, 0.15) is 5.56 Å². The number of rotatable bonds is 3. The first-order valence-corrected chi connectivity index (χ1v) is 9.24. The van der Waals surface area contributed by atoms with Crippen LogP contribution in [0.5, 0.6) is 0 Å². The number of benzene rings is 2. The highest BCUT2D eigenvalue weighted by atomic mass is 79.9. The molecule has 1 aliphatic heterocycles. The van der Waals surface area contributed by atoms with Crippen molar-refractivity contribution < 1.29 is 9.72 Å². The molecular weight excluding hydrogens is 448 g/mol. The zero-order chi connectivity index (χ0) is 18.1. The van der Waals surface area contributed by atoms with Crippen molar-refractivity contribution in [1.82, 2.24) is 0 Å². The van der Waals surface area contributed by atoms with Gasteiger partial charge in [-0.2, -0.15) is 0 Å². The van der Waals surface area contributed by atoms with Crippen molar-refractivity contribution in [3.8, 4) is 0 Å². The smallest absolute Gasteiger partial charge is 0.268 e. The van der Waals surface area contributed by atoms with Gasteiger partial charge in [0.1, 0.15) is 5.02 Å². The fourth-order valence-electron chi connectivity index (χ4n) is 2.19. The number of anilines is 1. The molecule has 2 aromatic carbocycles. The van der Waals surface area contributed by atoms with Gasteiger partial charge in [0.05, 0.1) is 15.5 Å². The lowest BCUT2D eigenvalue weighted by Gasteiger charge is -2.14. The highest BCUT2D eigenvalue weighted by Gasteiger charge is 2.33. The first-order chi connectivity index (χ1) is 11.9. The van der Waals surface area contributed by atoms with E-state index in [1.807, 2.05) is 12.1 Å². The van der Waals surface area contributed by atoms with Crippen molar-refractivity contribution in [2.75, 3.05) is 4.90 Å². The highest BCUT2D eigenvalue weighted by Crippen LogP contribution is 2.37. The van der Waals surface area contributed by atoms with Crippen LogP contribution in [0.15, 0.2) is 51.8 Å². The van der Waals surface area contributed by atoms with Gasteiger partial charge >= 0.3 is 0 Å². The van der Waals surface area contributed by atoms with E-state index >= 15 is 0 Å². The van der Waals surface area contributed by atoms with E-state index in [1.54, 1.807) is 24.3 Å². The molecule has 1 heterocycles. The van der Waals surface area contributed by atoms with Crippen molar-refractivity contribution in [2.45, 2.75) is 0 Å². The third-order valence-corrected chi connectivity index (χ3v) is 5.49. The molecule has 25 heavy (non-hydrogen) atoms. The van der Waals surface area contributed by atoms with E-state index in [0.29, 0.717) is 20.5 Å². The molecule has 9 heteroatoms. The summed E-state index contributed by atoms with van der Waals surface area (Å²) in [5.74, 6) is -0.269. The van der Waals surface area contributed by atoms with E-state index in [0.717, 1.165) is 16.2 Å². The Balaban J connectivity index is 1.94. The molecule has 0 atom stereocenters. The van der Waals surface area contributed by atoms with Gasteiger partial charge in [-0.15, -0.1) is 0 Å². The van der Waals surface area contributed by atoms with Crippen LogP contribution in [0.4, 0.5) is 11.4 Å². The van der Waals surface area contributed by atoms with Gasteiger partial charge in [-0.1, -0.05) is 57.6 Å². The molecule has 3 rings (SSSR count). The molecule has 0 aliphatic carbocycles. The number of carbonyl (C=O) groups is 1. The van der Waals surface area contributed by atoms with Crippen LogP contribution < -0.4 is 4.90 Å². The van der Waals surface area contributed by atoms with Gasteiger partial charge in [-0.05, 0) is 42.0 Å². The molecule has 126 valence electrons. The minimum absolute atomic E-state index is 0.0459. The van der Waals surface area contributed by atoms with Crippen LogP contribution in [0, 0.1) is 10.1 Å². The zero-order valence-electron chi connectivity index (χ0n) is 12.3. The number of nitro benzene ring substituents is 1. The molecule has 0 aromatic heterocycles. The predicted octanol–water partition coefficient (Wildman–Crippen LogP) is 5.42. The van der Waals surface area contributed by atoms with E-state index in [4.69, 9.17) is 23.8 Å². The standard InChI is InChI=1S/C16H8BrClN2O3S2/c17-10-2-4-11(5-3-10)19-15(21)14(25-16(19)24)8-9-1-6-12(18)13(7-9)20(22)23/h1-8H/b14-8-. The number of carbonyl (C=O) groups excluding carboxylic acids is 1. The molecule has 0 bridgehead atoms. The summed E-state index contributed by atoms with van der Waals surface area (Å²) in [7, 11) is 0. The number of nitro groups is 1. The maximum atomic E-state index is 12.7. The maximum Gasteiger partial charge on any atom is 0.288 e. The van der Waals surface area contributed by atoms with Crippen molar-refractivity contribution in [3.63, 3.8) is 0 Å². The number of nitrogens with zero attached hydrogens (tertiary/aromatic N) is 2. The molecule has 2 aromatic rings. The van der Waals surface area contributed by atoms with Crippen molar-refractivity contribution in [1.29, 1.82) is 0 Å². The lowest BCUT2D eigenvalue weighted by Crippen LogP contribution is -2.27. The molecule has 1 amide bonds. The first kappa shape index (κ1) is 18.1. The molecule has 1 aliphatic rings. The van der Waals surface area contributed by atoms with Crippen molar-refractivity contribution in [3.05, 3.63) is 72.5 Å². The largest absolute Gasteiger partial charge is 0.288 e. The monoisotopic (exact) mass is 454 g/mol. The Bertz CT molecular complexity index is 931. The fourth-order valence-corrected chi connectivity index (χ4v) is 3.94. The molecule has 5 nitrogen and oxygen atoms in total. The molecule has 0 N–H and O–H groups in total. The Morgan fingerprint density at radius 2 is 1.92 bits per heavy atom. The molecule has 1 saturated heterocycles. The summed E-state index contributed by atoms with van der Waals surface area (Å²) >= 11 is 15.6. The summed E-state index contributed by atoms with van der Waals surface area (Å²) in [5, 5.41) is 11.0. The minimum atomic E-state index is -0.563. The van der Waals surface area contributed by atoms with Gasteiger partial charge < -0.3 is 0 Å². The van der Waals surface area contributed by atoms with Gasteiger partial charge in [0.15, 0.2) is 4.32 Å². The third kappa shape index (κ3) is 3.77. The summed E-state index contributed by atoms with van der Waals surface area (Å²) in [4.78, 5) is 24.9. The number of amides is 1. The first-order valence-electron chi connectivity index (χ1n) is 6.84. The van der Waals surface area contributed by atoms with Crippen LogP contribution >= 0.6 is 51.5 Å². The SMILES string of the molecule is O=C1/C(=C/c2ccc(Cl)c([N+](=O)[O-])c2)SC(=S)N1c1ccc(Br)cc1. The summed E-state index contributed by atoms with van der Waals surface area (Å²) in [6.45, 7) is 0. The minimum Gasteiger partial charge on any atom is -0.268 e. The zero-order valence-corrected chi connectivity index (χ0v) is 16.3. The van der Waals surface area contributed by atoms with E-state index in [2.05, 4.69) is 15.9 Å². The van der Waals surface area contributed by atoms with Crippen molar-refractivity contribution in [2.24, 2.45) is 0 Å². The Labute approximate surface area is 165 Å². The Morgan fingerprint density at radius 3 is 2.56 bits per heavy atom. The van der Waals surface area contributed by atoms with Crippen LogP contribution in [0.25, 0.3) is 6.08 Å². The van der Waals surface area contributed by atoms with Crippen LogP contribution in [-0.4, -0.2) is 15.2 Å². The van der Waals surface area contributed by atoms with E-state index in [9.17, 15) is 14.9 Å². The maximum absolute atomic E-state index is 12.7. The van der Waals surface area contributed by atoms with Gasteiger partial charge in [0, 0.05) is 10.5 Å². The quantitative estimate of drug-likeness (QED) is 0.268. The number of hydrogen-bond donors (Lipinski definition) is 0. The summed E-state index contributed by atoms with van der Waals surface area (Å²) in [5.41, 5.74) is 0.961. The second-order valence-corrected chi connectivity index (χ2v) is 7.96. The number of hydrogen-bond acceptors (Lipinski definition) is 5. The third-order valence-electron chi connectivity index (χ3n) is 3.34. The van der Waals surface area contributed by atoms with E-state index in [-0.39, 0.29) is 16.6 Å². The molecule has 0 spiro atoms. The normalized spacial score (nSPS) is 15.9. The molecule has 0 unspecified atom stereocenters. The second-order valence-electron chi connectivity index (χ2n) is 4.96. The molecule has 0 radical (unpaired) electrons. The summed E-state index contributed by atoms with van der Waals surface area (Å²) in [6.07, 6.45) is 1.57. The Kier molecular flexibility index (Phi) is 5.24. The van der Waals surface area contributed by atoms with Gasteiger partial charge in [-0.25, -0.2) is 0 Å². The number of halogens is 2. The summed E-state index contributed by atoms with van der Waals surface area (Å²) < 4.78 is 1.30. The van der Waals surface area contributed by atoms with Gasteiger partial charge in [0.2, 0.25) is 0 Å². The average molecular weight is 456 g/mol. The van der Waals surface area contributed by atoms with Crippen LogP contribution in [0.2, 0.25) is 5.02 Å². The predicted molar refractivity (Wildman–Crippen MR) is 108 cm³/mol. The second kappa shape index (κ2) is 7.25. The number of thiocarbonyl (C=S) groups is 1. The highest BCUT2D eigenvalue weighted by molar-refractivity contribution is 9.10. The topological polar surface area (TPSA) is 63.4 Å². The average Bonchev–Trinajstić information content (AvgIpc) is 2.84. The summed E-state index contributed by atoms with van der Waals surface area (Å²) in [6, 6.07) is 11.6. The van der Waals surface area contributed by atoms with Gasteiger partial charge in [0.25, 0.3) is 11.6 Å². The van der Waals surface area contributed by atoms with E-state index < -0.39 is 4.92 Å². The fraction of sp³-hybridized carbons (Fsp3) is 0. The molecule has 0 saturated carbocycles. The van der Waals surface area contributed by atoms with Gasteiger partial charge in [-0.3, -0.25) is 19.8 Å². The molecular formula is C16H8BrClN2O3S2. The number of thioether (sulfide) groups is 1. The Hall–Kier alpha value is -1.74. The molecule has 1 fully saturated rings. The van der Waals surface area contributed by atoms with Crippen LogP contribution in [-0.2, 0) is 4.79 Å². The van der Waals surface area contributed by atoms with E-state index in [1.165, 1.54) is 17.0 Å². The Morgan fingerprint density at radius 1 is 1.24 bits per heavy atom. The van der Waals surface area contributed by atoms with Crippen molar-refractivity contribution >= 4 is 79.2 Å².